The second-order valence-electron chi connectivity index (χ2n) is 6.46. The number of rotatable bonds is 6. The Balaban J connectivity index is 1.71. The van der Waals surface area contributed by atoms with Gasteiger partial charge < -0.3 is 10.1 Å². The number of hydrogen-bond acceptors (Lipinski definition) is 2. The first-order valence-electron chi connectivity index (χ1n) is 8.84. The molecular weight excluding hydrogens is 358 g/mol. The lowest BCUT2D eigenvalue weighted by molar-refractivity contribution is 0.0950. The fourth-order valence-corrected chi connectivity index (χ4v) is 3.02. The summed E-state index contributed by atoms with van der Waals surface area (Å²) in [5.41, 5.74) is 4.69. The van der Waals surface area contributed by atoms with Gasteiger partial charge in [0.1, 0.15) is 12.4 Å². The van der Waals surface area contributed by atoms with Crippen LogP contribution in [0.15, 0.2) is 66.7 Å². The molecule has 0 unspecified atom stereocenters. The number of amides is 1. The third-order valence-electron chi connectivity index (χ3n) is 4.55. The second-order valence-corrected chi connectivity index (χ2v) is 6.89. The van der Waals surface area contributed by atoms with Crippen LogP contribution < -0.4 is 10.1 Å². The summed E-state index contributed by atoms with van der Waals surface area (Å²) in [4.78, 5) is 12.6. The Morgan fingerprint density at radius 3 is 2.56 bits per heavy atom. The molecule has 0 aliphatic carbocycles. The molecule has 3 aromatic carbocycles. The first-order chi connectivity index (χ1) is 13.0. The van der Waals surface area contributed by atoms with Crippen molar-refractivity contribution < 1.29 is 9.53 Å². The summed E-state index contributed by atoms with van der Waals surface area (Å²) in [6.45, 7) is 4.76. The van der Waals surface area contributed by atoms with E-state index in [2.05, 4.69) is 5.32 Å². The molecule has 27 heavy (non-hydrogen) atoms. The fourth-order valence-electron chi connectivity index (χ4n) is 2.83. The van der Waals surface area contributed by atoms with Gasteiger partial charge in [-0.3, -0.25) is 4.79 Å². The quantitative estimate of drug-likeness (QED) is 0.617. The molecule has 0 fully saturated rings. The highest BCUT2D eigenvalue weighted by Crippen LogP contribution is 2.24. The number of aryl methyl sites for hydroxylation is 1. The summed E-state index contributed by atoms with van der Waals surface area (Å²) in [7, 11) is 0. The monoisotopic (exact) mass is 379 g/mol. The first kappa shape index (κ1) is 19.0. The van der Waals surface area contributed by atoms with Crippen molar-refractivity contribution in [3.63, 3.8) is 0 Å². The number of benzene rings is 3. The summed E-state index contributed by atoms with van der Waals surface area (Å²) in [5, 5.41) is 3.58. The third-order valence-corrected chi connectivity index (χ3v) is 4.78. The van der Waals surface area contributed by atoms with Crippen LogP contribution in [0.3, 0.4) is 0 Å². The second kappa shape index (κ2) is 8.74. The molecule has 138 valence electrons. The minimum atomic E-state index is -0.106. The van der Waals surface area contributed by atoms with E-state index in [0.717, 1.165) is 22.3 Å². The van der Waals surface area contributed by atoms with Crippen LogP contribution in [0.5, 0.6) is 5.75 Å². The van der Waals surface area contributed by atoms with Crippen LogP contribution in [-0.2, 0) is 13.2 Å². The summed E-state index contributed by atoms with van der Waals surface area (Å²) in [6.07, 6.45) is 0. The van der Waals surface area contributed by atoms with Gasteiger partial charge in [-0.2, -0.15) is 0 Å². The van der Waals surface area contributed by atoms with Gasteiger partial charge >= 0.3 is 0 Å². The van der Waals surface area contributed by atoms with E-state index in [0.29, 0.717) is 29.5 Å². The number of nitrogens with one attached hydrogen (secondary N) is 1. The molecule has 0 radical (unpaired) electrons. The van der Waals surface area contributed by atoms with Crippen LogP contribution in [0.25, 0.3) is 0 Å². The average Bonchev–Trinajstić information content (AvgIpc) is 2.68. The fraction of sp³-hybridized carbons (Fsp3) is 0.174. The lowest BCUT2D eigenvalue weighted by atomic mass is 10.0. The number of carbonyl (C=O) groups is 1. The largest absolute Gasteiger partial charge is 0.489 e. The smallest absolute Gasteiger partial charge is 0.251 e. The van der Waals surface area contributed by atoms with Crippen LogP contribution in [-0.4, -0.2) is 5.91 Å². The maximum atomic E-state index is 12.6. The van der Waals surface area contributed by atoms with Crippen LogP contribution in [0, 0.1) is 13.8 Å². The van der Waals surface area contributed by atoms with E-state index in [1.54, 1.807) is 6.07 Å². The van der Waals surface area contributed by atoms with Crippen molar-refractivity contribution in [3.05, 3.63) is 99.6 Å². The summed E-state index contributed by atoms with van der Waals surface area (Å²) in [6, 6.07) is 21.1. The predicted octanol–water partition coefficient (Wildman–Crippen LogP) is 5.47. The molecule has 0 spiro atoms. The van der Waals surface area contributed by atoms with Crippen molar-refractivity contribution in [2.75, 3.05) is 0 Å². The van der Waals surface area contributed by atoms with Crippen LogP contribution in [0.2, 0.25) is 5.02 Å². The van der Waals surface area contributed by atoms with E-state index in [1.807, 2.05) is 74.5 Å². The van der Waals surface area contributed by atoms with Crippen molar-refractivity contribution in [2.45, 2.75) is 27.0 Å². The molecule has 1 N–H and O–H groups in total. The Morgan fingerprint density at radius 1 is 1.00 bits per heavy atom. The van der Waals surface area contributed by atoms with Gasteiger partial charge in [-0.05, 0) is 54.8 Å². The zero-order valence-electron chi connectivity index (χ0n) is 15.5. The van der Waals surface area contributed by atoms with Gasteiger partial charge in [0.15, 0.2) is 0 Å². The number of carbonyl (C=O) groups excluding carboxylic acids is 1. The molecule has 4 heteroatoms. The Labute approximate surface area is 164 Å². The van der Waals surface area contributed by atoms with E-state index in [4.69, 9.17) is 16.3 Å². The molecule has 3 nitrogen and oxygen atoms in total. The SMILES string of the molecule is Cc1cccc(C(=O)NCc2cc(Cl)ccc2OCc2ccccc2)c1C. The highest BCUT2D eigenvalue weighted by molar-refractivity contribution is 6.30. The zero-order chi connectivity index (χ0) is 19.2. The number of halogens is 1. The van der Waals surface area contributed by atoms with Crippen LogP contribution in [0.4, 0.5) is 0 Å². The highest BCUT2D eigenvalue weighted by Gasteiger charge is 2.12. The van der Waals surface area contributed by atoms with Crippen molar-refractivity contribution in [2.24, 2.45) is 0 Å². The van der Waals surface area contributed by atoms with Crippen molar-refractivity contribution in [3.8, 4) is 5.75 Å². The van der Waals surface area contributed by atoms with E-state index in [-0.39, 0.29) is 5.91 Å². The maximum absolute atomic E-state index is 12.6. The van der Waals surface area contributed by atoms with Crippen LogP contribution in [0.1, 0.15) is 32.6 Å². The molecule has 0 bridgehead atoms. The predicted molar refractivity (Wildman–Crippen MR) is 109 cm³/mol. The van der Waals surface area contributed by atoms with Gasteiger partial charge in [0, 0.05) is 22.7 Å². The molecule has 0 atom stereocenters. The minimum Gasteiger partial charge on any atom is -0.489 e. The topological polar surface area (TPSA) is 38.3 Å². The zero-order valence-corrected chi connectivity index (χ0v) is 16.2. The van der Waals surface area contributed by atoms with E-state index < -0.39 is 0 Å². The molecule has 1 amide bonds. The first-order valence-corrected chi connectivity index (χ1v) is 9.22. The third kappa shape index (κ3) is 4.89. The van der Waals surface area contributed by atoms with Gasteiger partial charge in [-0.25, -0.2) is 0 Å². The Hall–Kier alpha value is -2.78. The highest BCUT2D eigenvalue weighted by atomic mass is 35.5. The molecule has 0 aliphatic heterocycles. The van der Waals surface area contributed by atoms with Gasteiger partial charge in [0.05, 0.1) is 0 Å². The molecule has 0 saturated heterocycles. The van der Waals surface area contributed by atoms with E-state index in [1.165, 1.54) is 0 Å². The van der Waals surface area contributed by atoms with Crippen molar-refractivity contribution in [1.29, 1.82) is 0 Å². The summed E-state index contributed by atoms with van der Waals surface area (Å²) >= 11 is 6.14. The van der Waals surface area contributed by atoms with Crippen LogP contribution >= 0.6 is 11.6 Å². The minimum absolute atomic E-state index is 0.106. The standard InChI is InChI=1S/C23H22ClNO2/c1-16-7-6-10-21(17(16)2)23(26)25-14-19-13-20(24)11-12-22(19)27-15-18-8-4-3-5-9-18/h3-13H,14-15H2,1-2H3,(H,25,26). The van der Waals surface area contributed by atoms with Gasteiger partial charge in [0.25, 0.3) is 5.91 Å². The van der Waals surface area contributed by atoms with E-state index in [9.17, 15) is 4.79 Å². The molecule has 3 aromatic rings. The molecule has 3 rings (SSSR count). The van der Waals surface area contributed by atoms with Crippen molar-refractivity contribution in [1.82, 2.24) is 5.32 Å². The lowest BCUT2D eigenvalue weighted by Crippen LogP contribution is -2.24. The maximum Gasteiger partial charge on any atom is 0.251 e. The number of hydrogen-bond donors (Lipinski definition) is 1. The Kier molecular flexibility index (Phi) is 6.15. The average molecular weight is 380 g/mol. The molecule has 0 aliphatic rings. The Bertz CT molecular complexity index is 938. The summed E-state index contributed by atoms with van der Waals surface area (Å²) < 4.78 is 5.95. The molecule has 0 saturated carbocycles. The molecule has 0 aromatic heterocycles. The Morgan fingerprint density at radius 2 is 1.78 bits per heavy atom. The normalized spacial score (nSPS) is 10.5. The van der Waals surface area contributed by atoms with Gasteiger partial charge in [-0.15, -0.1) is 0 Å². The number of ether oxygens (including phenoxy) is 1. The van der Waals surface area contributed by atoms with Gasteiger partial charge in [0.2, 0.25) is 0 Å². The van der Waals surface area contributed by atoms with Crippen molar-refractivity contribution >= 4 is 17.5 Å². The van der Waals surface area contributed by atoms with E-state index >= 15 is 0 Å². The summed E-state index contributed by atoms with van der Waals surface area (Å²) in [5.74, 6) is 0.606. The molecule has 0 heterocycles. The lowest BCUT2D eigenvalue weighted by Gasteiger charge is -2.14. The molecular formula is C23H22ClNO2. The van der Waals surface area contributed by atoms with Gasteiger partial charge in [-0.1, -0.05) is 54.1 Å².